The maximum Gasteiger partial charge on any atom is 0.320 e. The Hall–Kier alpha value is -1.00. The van der Waals surface area contributed by atoms with E-state index in [2.05, 4.69) is 40.1 Å². The predicted molar refractivity (Wildman–Crippen MR) is 103 cm³/mol. The Morgan fingerprint density at radius 2 is 2.00 bits per heavy atom. The molecule has 0 aromatic carbocycles. The van der Waals surface area contributed by atoms with E-state index in [1.165, 1.54) is 0 Å². The van der Waals surface area contributed by atoms with Crippen molar-refractivity contribution in [1.82, 2.24) is 31.1 Å². The monoisotopic (exact) mass is 396 g/mol. The van der Waals surface area contributed by atoms with Crippen molar-refractivity contribution in [2.45, 2.75) is 87.5 Å². The van der Waals surface area contributed by atoms with Crippen molar-refractivity contribution in [2.75, 3.05) is 26.7 Å². The number of hydrogen-bond donors (Lipinski definition) is 4. The molecule has 5 aliphatic heterocycles. The summed E-state index contributed by atoms with van der Waals surface area (Å²) in [4.78, 5) is 17.0. The minimum absolute atomic E-state index is 0.0862. The smallest absolute Gasteiger partial charge is 0.320 e. The second-order valence-corrected chi connectivity index (χ2v) is 9.13. The highest BCUT2D eigenvalue weighted by Gasteiger charge is 2.54. The van der Waals surface area contributed by atoms with Crippen molar-refractivity contribution < 1.29 is 13.9 Å². The summed E-state index contributed by atoms with van der Waals surface area (Å²) < 4.78 is 21.8. The van der Waals surface area contributed by atoms with Gasteiger partial charge in [0, 0.05) is 24.7 Å². The molecule has 2 amide bonds. The van der Waals surface area contributed by atoms with Crippen molar-refractivity contribution in [3.05, 3.63) is 0 Å². The number of nitrogens with one attached hydrogen (secondary N) is 4. The van der Waals surface area contributed by atoms with Gasteiger partial charge in [-0.2, -0.15) is 0 Å². The molecule has 5 rings (SSSR count). The summed E-state index contributed by atoms with van der Waals surface area (Å²) in [6, 6.07) is 0.173. The first-order valence-electron chi connectivity index (χ1n) is 10.8. The summed E-state index contributed by atoms with van der Waals surface area (Å²) in [5.41, 5.74) is 0. The van der Waals surface area contributed by atoms with E-state index < -0.39 is 12.3 Å². The molecule has 5 fully saturated rings. The van der Waals surface area contributed by atoms with Crippen LogP contribution in [0.25, 0.3) is 0 Å². The predicted octanol–water partition coefficient (Wildman–Crippen LogP) is -0.435. The first-order valence-corrected chi connectivity index (χ1v) is 10.8. The molecule has 0 aliphatic carbocycles. The third-order valence-electron chi connectivity index (χ3n) is 7.39. The lowest BCUT2D eigenvalue weighted by Crippen LogP contribution is -2.74. The topological polar surface area (TPSA) is 80.9 Å². The SMILES string of the molecule is C[C@H]1CCN(C)C2CCNC3CC(F)C(NC32)N2C(=O)NC3NCCC(O1)C32. The van der Waals surface area contributed by atoms with Gasteiger partial charge in [0.1, 0.15) is 18.5 Å². The van der Waals surface area contributed by atoms with Crippen molar-refractivity contribution in [3.8, 4) is 0 Å². The number of nitrogens with zero attached hydrogens (tertiary/aromatic N) is 2. The van der Waals surface area contributed by atoms with Crippen LogP contribution in [0.2, 0.25) is 0 Å². The molecule has 9 atom stereocenters. The van der Waals surface area contributed by atoms with E-state index in [9.17, 15) is 4.79 Å². The van der Waals surface area contributed by atoms with Crippen LogP contribution in [0, 0.1) is 0 Å². The molecular formula is C19H33FN6O2. The van der Waals surface area contributed by atoms with E-state index in [-0.39, 0.29) is 42.5 Å². The molecule has 5 heterocycles. The van der Waals surface area contributed by atoms with Crippen LogP contribution in [-0.2, 0) is 4.74 Å². The van der Waals surface area contributed by atoms with Crippen LogP contribution in [0.5, 0.6) is 0 Å². The van der Waals surface area contributed by atoms with E-state index in [0.29, 0.717) is 12.5 Å². The van der Waals surface area contributed by atoms with Crippen LogP contribution in [-0.4, -0.2) is 97.4 Å². The number of carbonyl (C=O) groups excluding carboxylic acids is 1. The third kappa shape index (κ3) is 3.11. The van der Waals surface area contributed by atoms with Crippen LogP contribution in [0.15, 0.2) is 0 Å². The Morgan fingerprint density at radius 3 is 2.86 bits per heavy atom. The fourth-order valence-electron chi connectivity index (χ4n) is 5.96. The van der Waals surface area contributed by atoms with Gasteiger partial charge in [-0.25, -0.2) is 9.18 Å². The molecule has 158 valence electrons. The number of hydrogen-bond acceptors (Lipinski definition) is 6. The Balaban J connectivity index is 1.51. The molecule has 9 heteroatoms. The summed E-state index contributed by atoms with van der Waals surface area (Å²) in [5.74, 6) is 0. The van der Waals surface area contributed by atoms with Gasteiger partial charge in [0.15, 0.2) is 0 Å². The summed E-state index contributed by atoms with van der Waals surface area (Å²) in [5, 5.41) is 13.5. The highest BCUT2D eigenvalue weighted by Crippen LogP contribution is 2.33. The fourth-order valence-corrected chi connectivity index (χ4v) is 5.96. The van der Waals surface area contributed by atoms with E-state index in [4.69, 9.17) is 4.74 Å². The molecule has 5 saturated heterocycles. The molecule has 2 bridgehead atoms. The van der Waals surface area contributed by atoms with Gasteiger partial charge in [0.25, 0.3) is 0 Å². The molecule has 28 heavy (non-hydrogen) atoms. The van der Waals surface area contributed by atoms with Gasteiger partial charge in [0.05, 0.1) is 18.2 Å². The van der Waals surface area contributed by atoms with Gasteiger partial charge in [-0.05, 0) is 52.7 Å². The molecule has 0 aromatic rings. The minimum atomic E-state index is -1.11. The number of piperidine rings is 3. The number of likely N-dealkylation sites (N-methyl/N-ethyl adjacent to an activating group) is 1. The van der Waals surface area contributed by atoms with Crippen LogP contribution < -0.4 is 21.3 Å². The number of carbonyl (C=O) groups is 1. The standard InChI is InChI=1S/C19H33FN6O2/c1-10-5-8-25(2)13-3-6-21-12-9-11(20)18(23-15(12)13)26-16-14(28-10)4-7-22-17(16)24-19(26)27/h10-18,21-23H,3-9H2,1-2H3,(H,24,27)/t10-,11?,12?,13?,14?,15?,16?,17?,18?/m0/s1. The lowest BCUT2D eigenvalue weighted by Gasteiger charge is -2.52. The van der Waals surface area contributed by atoms with Crippen LogP contribution in [0.1, 0.15) is 32.6 Å². The molecule has 8 nitrogen and oxygen atoms in total. The summed E-state index contributed by atoms with van der Waals surface area (Å²) in [6.45, 7) is 4.77. The van der Waals surface area contributed by atoms with E-state index in [1.54, 1.807) is 4.90 Å². The van der Waals surface area contributed by atoms with Crippen molar-refractivity contribution in [3.63, 3.8) is 0 Å². The molecule has 0 spiro atoms. The Labute approximate surface area is 165 Å². The summed E-state index contributed by atoms with van der Waals surface area (Å²) in [7, 11) is 2.16. The number of halogens is 1. The lowest BCUT2D eigenvalue weighted by molar-refractivity contribution is -0.0904. The van der Waals surface area contributed by atoms with Crippen LogP contribution in [0.3, 0.4) is 0 Å². The van der Waals surface area contributed by atoms with Crippen molar-refractivity contribution >= 4 is 6.03 Å². The Morgan fingerprint density at radius 1 is 1.18 bits per heavy atom. The quantitative estimate of drug-likeness (QED) is 0.445. The third-order valence-corrected chi connectivity index (χ3v) is 7.39. The average Bonchev–Trinajstić information content (AvgIpc) is 3.01. The van der Waals surface area contributed by atoms with Crippen LogP contribution >= 0.6 is 0 Å². The van der Waals surface area contributed by atoms with Crippen LogP contribution in [0.4, 0.5) is 9.18 Å². The van der Waals surface area contributed by atoms with Crippen molar-refractivity contribution in [2.24, 2.45) is 0 Å². The average molecular weight is 397 g/mol. The lowest BCUT2D eigenvalue weighted by atomic mass is 9.84. The molecule has 5 aliphatic rings. The normalized spacial score (nSPS) is 49.6. The summed E-state index contributed by atoms with van der Waals surface area (Å²) in [6.07, 6.45) is 1.35. The Bertz CT molecular complexity index is 611. The number of amides is 2. The molecule has 0 aromatic heterocycles. The van der Waals surface area contributed by atoms with E-state index in [0.717, 1.165) is 38.9 Å². The number of fused-ring (bicyclic) bond motifs is 2. The first-order chi connectivity index (χ1) is 13.5. The number of alkyl halides is 1. The zero-order valence-corrected chi connectivity index (χ0v) is 16.7. The second kappa shape index (κ2) is 7.36. The molecule has 0 radical (unpaired) electrons. The highest BCUT2D eigenvalue weighted by molar-refractivity contribution is 5.78. The zero-order chi connectivity index (χ0) is 19.4. The van der Waals surface area contributed by atoms with Gasteiger partial charge in [-0.3, -0.25) is 15.5 Å². The maximum atomic E-state index is 15.3. The molecule has 8 unspecified atom stereocenters. The van der Waals surface area contributed by atoms with Gasteiger partial charge < -0.3 is 20.3 Å². The minimum Gasteiger partial charge on any atom is -0.373 e. The highest BCUT2D eigenvalue weighted by atomic mass is 19.1. The summed E-state index contributed by atoms with van der Waals surface area (Å²) >= 11 is 0. The van der Waals surface area contributed by atoms with Crippen molar-refractivity contribution in [1.29, 1.82) is 0 Å². The molecule has 0 saturated carbocycles. The number of rotatable bonds is 0. The Kier molecular flexibility index (Phi) is 4.99. The first kappa shape index (κ1) is 19.0. The van der Waals surface area contributed by atoms with Gasteiger partial charge in [-0.1, -0.05) is 0 Å². The van der Waals surface area contributed by atoms with Gasteiger partial charge in [-0.15, -0.1) is 0 Å². The largest absolute Gasteiger partial charge is 0.373 e. The maximum absolute atomic E-state index is 15.3. The number of ether oxygens (including phenoxy) is 1. The number of urea groups is 1. The van der Waals surface area contributed by atoms with Gasteiger partial charge in [0.2, 0.25) is 0 Å². The molecular weight excluding hydrogens is 363 g/mol. The van der Waals surface area contributed by atoms with Gasteiger partial charge >= 0.3 is 6.03 Å². The van der Waals surface area contributed by atoms with E-state index >= 15 is 4.39 Å². The second-order valence-electron chi connectivity index (χ2n) is 9.13. The fraction of sp³-hybridized carbons (Fsp3) is 0.947. The van der Waals surface area contributed by atoms with E-state index in [1.807, 2.05) is 0 Å². The zero-order valence-electron chi connectivity index (χ0n) is 16.7. The molecule has 4 N–H and O–H groups in total.